The van der Waals surface area contributed by atoms with E-state index in [-0.39, 0.29) is 24.0 Å². The highest BCUT2D eigenvalue weighted by Gasteiger charge is 2.10. The molecular weight excluding hydrogens is 483 g/mol. The smallest absolute Gasteiger partial charge is 0.194 e. The van der Waals surface area contributed by atoms with E-state index in [0.717, 1.165) is 28.3 Å². The van der Waals surface area contributed by atoms with E-state index in [9.17, 15) is 0 Å². The zero-order valence-corrected chi connectivity index (χ0v) is 18.3. The van der Waals surface area contributed by atoms with Crippen molar-refractivity contribution in [2.24, 2.45) is 12.0 Å². The summed E-state index contributed by atoms with van der Waals surface area (Å²) in [6.45, 7) is 1.44. The van der Waals surface area contributed by atoms with Crippen LogP contribution in [-0.4, -0.2) is 36.6 Å². The fourth-order valence-electron chi connectivity index (χ4n) is 2.42. The molecule has 1 aromatic carbocycles. The van der Waals surface area contributed by atoms with Gasteiger partial charge in [0, 0.05) is 49.6 Å². The summed E-state index contributed by atoms with van der Waals surface area (Å²) in [6.07, 6.45) is 2.05. The topological polar surface area (TPSA) is 41.8 Å². The molecule has 2 aromatic rings. The zero-order chi connectivity index (χ0) is 16.8. The van der Waals surface area contributed by atoms with Crippen molar-refractivity contribution in [3.05, 3.63) is 52.3 Å². The van der Waals surface area contributed by atoms with Crippen LogP contribution in [0, 0.1) is 0 Å². The first-order valence-electron chi connectivity index (χ1n) is 7.39. The van der Waals surface area contributed by atoms with Gasteiger partial charge in [-0.2, -0.15) is 0 Å². The third kappa shape index (κ3) is 5.41. The highest BCUT2D eigenvalue weighted by molar-refractivity contribution is 14.0. The molecule has 0 atom stereocenters. The number of guanidine groups is 1. The quantitative estimate of drug-likeness (QED) is 0.382. The lowest BCUT2D eigenvalue weighted by atomic mass is 10.2. The van der Waals surface area contributed by atoms with Crippen molar-refractivity contribution in [2.75, 3.05) is 21.2 Å². The number of hydrogen-bond donors (Lipinski definition) is 1. The minimum atomic E-state index is 0. The Hall–Kier alpha value is -1.22. The van der Waals surface area contributed by atoms with Gasteiger partial charge in [-0.25, -0.2) is 0 Å². The van der Waals surface area contributed by atoms with E-state index >= 15 is 0 Å². The van der Waals surface area contributed by atoms with Crippen molar-refractivity contribution in [3.63, 3.8) is 0 Å². The first-order valence-corrected chi connectivity index (χ1v) is 8.19. The van der Waals surface area contributed by atoms with Crippen LogP contribution >= 0.6 is 39.9 Å². The summed E-state index contributed by atoms with van der Waals surface area (Å²) < 4.78 is 8.55. The van der Waals surface area contributed by atoms with Crippen LogP contribution in [0.4, 0.5) is 0 Å². The Labute approximate surface area is 169 Å². The number of ether oxygens (including phenoxy) is 1. The molecule has 0 amide bonds. The SMILES string of the molecule is CN=C(NCc1cc(Br)ccc1OC)N(C)Cc1cccn1C.I. The van der Waals surface area contributed by atoms with E-state index in [0.29, 0.717) is 6.54 Å². The van der Waals surface area contributed by atoms with E-state index in [4.69, 9.17) is 4.74 Å². The fraction of sp³-hybridized carbons (Fsp3) is 0.353. The summed E-state index contributed by atoms with van der Waals surface area (Å²) in [5.41, 5.74) is 2.31. The molecule has 5 nitrogen and oxygen atoms in total. The fourth-order valence-corrected chi connectivity index (χ4v) is 2.83. The van der Waals surface area contributed by atoms with Crippen molar-refractivity contribution in [1.29, 1.82) is 0 Å². The molecule has 132 valence electrons. The summed E-state index contributed by atoms with van der Waals surface area (Å²) in [5.74, 6) is 1.70. The minimum Gasteiger partial charge on any atom is -0.496 e. The van der Waals surface area contributed by atoms with Crippen LogP contribution in [0.15, 0.2) is 46.0 Å². The molecule has 0 aliphatic carbocycles. The van der Waals surface area contributed by atoms with Crippen LogP contribution in [0.2, 0.25) is 0 Å². The number of rotatable bonds is 5. The second-order valence-electron chi connectivity index (χ2n) is 5.32. The molecule has 2 rings (SSSR count). The summed E-state index contributed by atoms with van der Waals surface area (Å²) >= 11 is 3.50. The van der Waals surface area contributed by atoms with Crippen molar-refractivity contribution >= 4 is 45.9 Å². The lowest BCUT2D eigenvalue weighted by Crippen LogP contribution is -2.38. The molecule has 1 N–H and O–H groups in total. The molecule has 0 aliphatic rings. The Morgan fingerprint density at radius 3 is 2.71 bits per heavy atom. The maximum absolute atomic E-state index is 5.41. The molecule has 0 saturated carbocycles. The van der Waals surface area contributed by atoms with E-state index in [2.05, 4.69) is 47.8 Å². The summed E-state index contributed by atoms with van der Waals surface area (Å²) in [4.78, 5) is 6.46. The third-order valence-electron chi connectivity index (χ3n) is 3.70. The van der Waals surface area contributed by atoms with Crippen molar-refractivity contribution in [3.8, 4) is 5.75 Å². The third-order valence-corrected chi connectivity index (χ3v) is 4.20. The van der Waals surface area contributed by atoms with Crippen LogP contribution < -0.4 is 10.1 Å². The Morgan fingerprint density at radius 1 is 1.38 bits per heavy atom. The van der Waals surface area contributed by atoms with Crippen LogP contribution in [0.5, 0.6) is 5.75 Å². The van der Waals surface area contributed by atoms with Gasteiger partial charge in [-0.15, -0.1) is 24.0 Å². The molecule has 0 unspecified atom stereocenters. The summed E-state index contributed by atoms with van der Waals surface area (Å²) in [5, 5.41) is 3.39. The molecule has 0 spiro atoms. The van der Waals surface area contributed by atoms with Gasteiger partial charge in [-0.1, -0.05) is 15.9 Å². The Balaban J connectivity index is 0.00000288. The maximum atomic E-state index is 5.41. The van der Waals surface area contributed by atoms with Gasteiger partial charge in [-0.3, -0.25) is 4.99 Å². The predicted molar refractivity (Wildman–Crippen MR) is 113 cm³/mol. The number of aliphatic imine (C=N–C) groups is 1. The van der Waals surface area contributed by atoms with Gasteiger partial charge < -0.3 is 19.5 Å². The molecule has 0 saturated heterocycles. The molecule has 7 heteroatoms. The van der Waals surface area contributed by atoms with Crippen LogP contribution in [0.25, 0.3) is 0 Å². The van der Waals surface area contributed by atoms with Crippen LogP contribution in [0.3, 0.4) is 0 Å². The van der Waals surface area contributed by atoms with E-state index in [1.54, 1.807) is 14.2 Å². The highest BCUT2D eigenvalue weighted by atomic mass is 127. The Bertz CT molecular complexity index is 687. The highest BCUT2D eigenvalue weighted by Crippen LogP contribution is 2.22. The first-order chi connectivity index (χ1) is 11.0. The first kappa shape index (κ1) is 20.8. The molecule has 0 fully saturated rings. The molecule has 1 aromatic heterocycles. The lowest BCUT2D eigenvalue weighted by Gasteiger charge is -2.23. The second-order valence-corrected chi connectivity index (χ2v) is 6.24. The average molecular weight is 507 g/mol. The van der Waals surface area contributed by atoms with Gasteiger partial charge in [-0.05, 0) is 30.3 Å². The van der Waals surface area contributed by atoms with E-state index < -0.39 is 0 Å². The Kier molecular flexibility index (Phi) is 8.61. The van der Waals surface area contributed by atoms with Crippen LogP contribution in [0.1, 0.15) is 11.3 Å². The maximum Gasteiger partial charge on any atom is 0.194 e. The number of halogens is 2. The normalized spacial score (nSPS) is 11.0. The second kappa shape index (κ2) is 9.93. The molecule has 0 bridgehead atoms. The van der Waals surface area contributed by atoms with Gasteiger partial charge in [0.1, 0.15) is 5.75 Å². The largest absolute Gasteiger partial charge is 0.496 e. The summed E-state index contributed by atoms with van der Waals surface area (Å²) in [6, 6.07) is 10.1. The predicted octanol–water partition coefficient (Wildman–Crippen LogP) is 3.62. The lowest BCUT2D eigenvalue weighted by molar-refractivity contribution is 0.407. The number of nitrogens with one attached hydrogen (secondary N) is 1. The zero-order valence-electron chi connectivity index (χ0n) is 14.4. The number of hydrogen-bond acceptors (Lipinski definition) is 2. The van der Waals surface area contributed by atoms with Gasteiger partial charge in [0.15, 0.2) is 5.96 Å². The number of nitrogens with zero attached hydrogens (tertiary/aromatic N) is 3. The minimum absolute atomic E-state index is 0. The van der Waals surface area contributed by atoms with E-state index in [1.807, 2.05) is 38.5 Å². The van der Waals surface area contributed by atoms with Gasteiger partial charge in [0.2, 0.25) is 0 Å². The van der Waals surface area contributed by atoms with Crippen molar-refractivity contribution in [1.82, 2.24) is 14.8 Å². The van der Waals surface area contributed by atoms with Crippen molar-refractivity contribution < 1.29 is 4.74 Å². The molecule has 0 radical (unpaired) electrons. The van der Waals surface area contributed by atoms with E-state index in [1.165, 1.54) is 5.69 Å². The van der Waals surface area contributed by atoms with Gasteiger partial charge >= 0.3 is 0 Å². The number of benzene rings is 1. The Morgan fingerprint density at radius 2 is 2.12 bits per heavy atom. The van der Waals surface area contributed by atoms with Crippen LogP contribution in [-0.2, 0) is 20.1 Å². The summed E-state index contributed by atoms with van der Waals surface area (Å²) in [7, 11) is 7.55. The van der Waals surface area contributed by atoms with Gasteiger partial charge in [0.05, 0.1) is 13.7 Å². The number of methoxy groups -OCH3 is 1. The van der Waals surface area contributed by atoms with Gasteiger partial charge in [0.25, 0.3) is 0 Å². The molecular formula is C17H24BrIN4O. The monoisotopic (exact) mass is 506 g/mol. The standard InChI is InChI=1S/C17H23BrN4O.HI/c1-19-17(22(3)12-15-6-5-9-21(15)2)20-11-13-10-14(18)7-8-16(13)23-4;/h5-10H,11-12H2,1-4H3,(H,19,20);1H. The number of aromatic nitrogens is 1. The van der Waals surface area contributed by atoms with Crippen molar-refractivity contribution in [2.45, 2.75) is 13.1 Å². The number of aryl methyl sites for hydroxylation is 1. The molecule has 24 heavy (non-hydrogen) atoms. The molecule has 1 heterocycles. The molecule has 0 aliphatic heterocycles. The average Bonchev–Trinajstić information content (AvgIpc) is 2.93.